The van der Waals surface area contributed by atoms with E-state index in [2.05, 4.69) is 15.6 Å². The lowest BCUT2D eigenvalue weighted by Gasteiger charge is -2.21. The maximum absolute atomic E-state index is 12.9. The van der Waals surface area contributed by atoms with Crippen molar-refractivity contribution in [1.29, 1.82) is 0 Å². The van der Waals surface area contributed by atoms with Gasteiger partial charge in [0.15, 0.2) is 5.82 Å². The highest BCUT2D eigenvalue weighted by Crippen LogP contribution is 2.23. The number of carbonyl (C=O) groups is 2. The van der Waals surface area contributed by atoms with Gasteiger partial charge in [0.2, 0.25) is 0 Å². The van der Waals surface area contributed by atoms with Crippen molar-refractivity contribution >= 4 is 17.5 Å². The molecule has 1 aromatic heterocycles. The van der Waals surface area contributed by atoms with E-state index in [-0.39, 0.29) is 17.4 Å². The number of rotatable bonds is 3. The van der Waals surface area contributed by atoms with Crippen LogP contribution in [0.1, 0.15) is 71.5 Å². The minimum Gasteiger partial charge on any atom is -0.346 e. The van der Waals surface area contributed by atoms with Crippen molar-refractivity contribution in [1.82, 2.24) is 14.9 Å². The van der Waals surface area contributed by atoms with E-state index in [9.17, 15) is 9.59 Å². The number of imidazole rings is 1. The average Bonchev–Trinajstić information content (AvgIpc) is 2.96. The maximum atomic E-state index is 12.9. The summed E-state index contributed by atoms with van der Waals surface area (Å²) in [7, 11) is 0. The molecule has 144 valence electrons. The fourth-order valence-electron chi connectivity index (χ4n) is 3.43. The smallest absolute Gasteiger partial charge is 0.291 e. The summed E-state index contributed by atoms with van der Waals surface area (Å²) in [5.41, 5.74) is 3.77. The van der Waals surface area contributed by atoms with E-state index >= 15 is 0 Å². The van der Waals surface area contributed by atoms with E-state index < -0.39 is 0 Å². The van der Waals surface area contributed by atoms with E-state index in [4.69, 9.17) is 0 Å². The van der Waals surface area contributed by atoms with E-state index in [1.807, 2.05) is 57.4 Å². The zero-order chi connectivity index (χ0) is 19.8. The molecule has 0 radical (unpaired) electrons. The Kier molecular flexibility index (Phi) is 5.09. The molecule has 2 N–H and O–H groups in total. The molecule has 1 aliphatic rings. The van der Waals surface area contributed by atoms with Gasteiger partial charge in [0.25, 0.3) is 11.8 Å². The van der Waals surface area contributed by atoms with Crippen LogP contribution in [0.2, 0.25) is 0 Å². The van der Waals surface area contributed by atoms with Crippen molar-refractivity contribution in [3.8, 4) is 0 Å². The van der Waals surface area contributed by atoms with Crippen LogP contribution in [0.4, 0.5) is 5.69 Å². The minimum atomic E-state index is -0.357. The molecule has 2 amide bonds. The van der Waals surface area contributed by atoms with Gasteiger partial charge in [-0.3, -0.25) is 9.59 Å². The summed E-state index contributed by atoms with van der Waals surface area (Å²) in [4.78, 5) is 30.1. The number of aromatic nitrogens is 2. The molecule has 1 aliphatic heterocycles. The van der Waals surface area contributed by atoms with Crippen molar-refractivity contribution < 1.29 is 9.59 Å². The molecule has 0 aliphatic carbocycles. The van der Waals surface area contributed by atoms with Crippen LogP contribution < -0.4 is 10.6 Å². The predicted molar refractivity (Wildman–Crippen MR) is 106 cm³/mol. The molecule has 0 bridgehead atoms. The maximum Gasteiger partial charge on any atom is 0.291 e. The number of anilines is 1. The molecule has 6 nitrogen and oxygen atoms in total. The third-order valence-corrected chi connectivity index (χ3v) is 4.65. The quantitative estimate of drug-likeness (QED) is 0.869. The predicted octanol–water partition coefficient (Wildman–Crippen LogP) is 3.62. The zero-order valence-electron chi connectivity index (χ0n) is 16.8. The Morgan fingerprint density at radius 2 is 1.85 bits per heavy atom. The number of hydrogen-bond donors (Lipinski definition) is 2. The average molecular weight is 368 g/mol. The Bertz CT molecular complexity index is 890. The van der Waals surface area contributed by atoms with Gasteiger partial charge in [-0.2, -0.15) is 0 Å². The lowest BCUT2D eigenvalue weighted by atomic mass is 10.1. The molecule has 0 fully saturated rings. The number of amides is 2. The molecular formula is C21H28N4O2. The summed E-state index contributed by atoms with van der Waals surface area (Å²) in [5.74, 6) is -0.192. The summed E-state index contributed by atoms with van der Waals surface area (Å²) in [6.07, 6.45) is 2.74. The number of nitrogens with one attached hydrogen (secondary N) is 2. The van der Waals surface area contributed by atoms with Crippen molar-refractivity contribution in [2.24, 2.45) is 0 Å². The Morgan fingerprint density at radius 1 is 1.11 bits per heavy atom. The monoisotopic (exact) mass is 368 g/mol. The summed E-state index contributed by atoms with van der Waals surface area (Å²) in [6, 6.07) is 5.89. The van der Waals surface area contributed by atoms with Crippen LogP contribution in [-0.2, 0) is 13.0 Å². The number of hydrogen-bond acceptors (Lipinski definition) is 3. The van der Waals surface area contributed by atoms with Crippen LogP contribution in [0.5, 0.6) is 0 Å². The largest absolute Gasteiger partial charge is 0.346 e. The second kappa shape index (κ2) is 7.18. The van der Waals surface area contributed by atoms with Crippen molar-refractivity contribution in [2.45, 2.75) is 66.0 Å². The van der Waals surface area contributed by atoms with Gasteiger partial charge in [-0.1, -0.05) is 17.7 Å². The van der Waals surface area contributed by atoms with Crippen LogP contribution in [-0.4, -0.2) is 26.9 Å². The standard InChI is InChI=1S/C21H28N4O2/c1-13-9-10-15(14(2)12-13)22-20(27)18-23-17(19(26)24-21(3,4)5)16-8-6-7-11-25(16)18/h9-10,12H,6-8,11H2,1-5H3,(H,22,27)(H,24,26). The third kappa shape index (κ3) is 4.21. The van der Waals surface area contributed by atoms with Crippen LogP contribution in [0.25, 0.3) is 0 Å². The molecule has 0 saturated carbocycles. The summed E-state index contributed by atoms with van der Waals surface area (Å²) >= 11 is 0. The highest BCUT2D eigenvalue weighted by molar-refractivity contribution is 6.04. The van der Waals surface area contributed by atoms with Gasteiger partial charge < -0.3 is 15.2 Å². The second-order valence-electron chi connectivity index (χ2n) is 8.32. The SMILES string of the molecule is Cc1ccc(NC(=O)c2nc(C(=O)NC(C)(C)C)c3n2CCCC3)c(C)c1. The first kappa shape index (κ1) is 19.1. The minimum absolute atomic E-state index is 0.223. The first-order chi connectivity index (χ1) is 12.7. The lowest BCUT2D eigenvalue weighted by molar-refractivity contribution is 0.0913. The molecule has 27 heavy (non-hydrogen) atoms. The molecule has 3 rings (SSSR count). The molecular weight excluding hydrogens is 340 g/mol. The number of carbonyl (C=O) groups excluding carboxylic acids is 2. The van der Waals surface area contributed by atoms with Crippen molar-refractivity contribution in [3.63, 3.8) is 0 Å². The van der Waals surface area contributed by atoms with Gasteiger partial charge in [-0.15, -0.1) is 0 Å². The fraction of sp³-hybridized carbons (Fsp3) is 0.476. The number of nitrogens with zero attached hydrogens (tertiary/aromatic N) is 2. The Labute approximate surface area is 160 Å². The number of aryl methyl sites for hydroxylation is 2. The summed E-state index contributed by atoms with van der Waals surface area (Å²) in [5, 5.41) is 5.91. The van der Waals surface area contributed by atoms with Gasteiger partial charge in [0.05, 0.1) is 5.69 Å². The Balaban J connectivity index is 1.93. The van der Waals surface area contributed by atoms with Gasteiger partial charge in [0, 0.05) is 17.8 Å². The highest BCUT2D eigenvalue weighted by Gasteiger charge is 2.29. The van der Waals surface area contributed by atoms with Gasteiger partial charge in [-0.05, 0) is 65.5 Å². The van der Waals surface area contributed by atoms with Crippen molar-refractivity contribution in [3.05, 3.63) is 46.5 Å². The molecule has 0 spiro atoms. The fourth-order valence-corrected chi connectivity index (χ4v) is 3.43. The molecule has 0 atom stereocenters. The topological polar surface area (TPSA) is 76.0 Å². The molecule has 2 aromatic rings. The van der Waals surface area contributed by atoms with Crippen molar-refractivity contribution in [2.75, 3.05) is 5.32 Å². The number of benzene rings is 1. The first-order valence-corrected chi connectivity index (χ1v) is 9.46. The second-order valence-corrected chi connectivity index (χ2v) is 8.32. The number of fused-ring (bicyclic) bond motifs is 1. The summed E-state index contributed by atoms with van der Waals surface area (Å²) < 4.78 is 1.90. The van der Waals surface area contributed by atoms with Gasteiger partial charge >= 0.3 is 0 Å². The molecule has 1 aromatic carbocycles. The van der Waals surface area contributed by atoms with E-state index in [1.165, 1.54) is 0 Å². The van der Waals surface area contributed by atoms with Crippen LogP contribution in [0, 0.1) is 13.8 Å². The van der Waals surface area contributed by atoms with Crippen LogP contribution in [0.15, 0.2) is 18.2 Å². The normalized spacial score (nSPS) is 13.8. The van der Waals surface area contributed by atoms with E-state index in [1.54, 1.807) is 0 Å². The molecule has 2 heterocycles. The lowest BCUT2D eigenvalue weighted by Crippen LogP contribution is -2.41. The van der Waals surface area contributed by atoms with E-state index in [0.29, 0.717) is 18.1 Å². The van der Waals surface area contributed by atoms with Crippen LogP contribution >= 0.6 is 0 Å². The summed E-state index contributed by atoms with van der Waals surface area (Å²) in [6.45, 7) is 10.5. The first-order valence-electron chi connectivity index (χ1n) is 9.46. The van der Waals surface area contributed by atoms with Crippen LogP contribution in [0.3, 0.4) is 0 Å². The van der Waals surface area contributed by atoms with Gasteiger partial charge in [0.1, 0.15) is 5.69 Å². The van der Waals surface area contributed by atoms with E-state index in [0.717, 1.165) is 41.8 Å². The molecule has 0 saturated heterocycles. The molecule has 0 unspecified atom stereocenters. The molecule has 6 heteroatoms. The zero-order valence-corrected chi connectivity index (χ0v) is 16.8. The Morgan fingerprint density at radius 3 is 2.52 bits per heavy atom. The Hall–Kier alpha value is -2.63. The van der Waals surface area contributed by atoms with Gasteiger partial charge in [-0.25, -0.2) is 4.98 Å². The third-order valence-electron chi connectivity index (χ3n) is 4.65. The highest BCUT2D eigenvalue weighted by atomic mass is 16.2.